The van der Waals surface area contributed by atoms with Crippen molar-refractivity contribution in [3.8, 4) is 17.2 Å². The fraction of sp³-hybridized carbons (Fsp3) is 0.0714. The molecule has 1 heterocycles. The highest BCUT2D eigenvalue weighted by Crippen LogP contribution is 2.28. The van der Waals surface area contributed by atoms with Crippen LogP contribution in [0.5, 0.6) is 5.75 Å². The zero-order valence-corrected chi connectivity index (χ0v) is 10.4. The number of oxazole rings is 1. The van der Waals surface area contributed by atoms with Crippen molar-refractivity contribution in [2.75, 3.05) is 7.11 Å². The quantitative estimate of drug-likeness (QED) is 0.693. The third-order valence-electron chi connectivity index (χ3n) is 2.67. The molecule has 0 aliphatic rings. The number of aromatic nitrogens is 1. The van der Waals surface area contributed by atoms with Crippen molar-refractivity contribution >= 4 is 22.7 Å². The molecule has 0 aliphatic heterocycles. The van der Waals surface area contributed by atoms with Crippen LogP contribution >= 0.6 is 11.6 Å². The van der Waals surface area contributed by atoms with Gasteiger partial charge in [-0.1, -0.05) is 17.7 Å². The highest BCUT2D eigenvalue weighted by molar-refractivity contribution is 6.31. The van der Waals surface area contributed by atoms with Gasteiger partial charge in [-0.15, -0.1) is 0 Å². The Balaban J connectivity index is 2.13. The van der Waals surface area contributed by atoms with Gasteiger partial charge in [0.15, 0.2) is 5.58 Å². The highest BCUT2D eigenvalue weighted by atomic mass is 35.5. The highest BCUT2D eigenvalue weighted by Gasteiger charge is 2.09. The second-order valence-corrected chi connectivity index (χ2v) is 4.30. The Morgan fingerprint density at radius 3 is 2.89 bits per heavy atom. The Labute approximate surface area is 109 Å². The average molecular weight is 260 g/mol. The monoisotopic (exact) mass is 259 g/mol. The molecule has 0 bridgehead atoms. The maximum Gasteiger partial charge on any atom is 0.227 e. The van der Waals surface area contributed by atoms with Crippen LogP contribution in [-0.2, 0) is 0 Å². The molecule has 3 nitrogen and oxygen atoms in total. The SMILES string of the molecule is COc1cccc(-c2nc3cc(Cl)ccc3o2)c1. The number of halogens is 1. The molecular weight excluding hydrogens is 250 g/mol. The fourth-order valence-electron chi connectivity index (χ4n) is 1.78. The first-order chi connectivity index (χ1) is 8.76. The molecule has 90 valence electrons. The summed E-state index contributed by atoms with van der Waals surface area (Å²) in [5.74, 6) is 1.33. The molecule has 0 saturated heterocycles. The van der Waals surface area contributed by atoms with Crippen molar-refractivity contribution in [2.45, 2.75) is 0 Å². The van der Waals surface area contributed by atoms with Gasteiger partial charge in [0, 0.05) is 10.6 Å². The summed E-state index contributed by atoms with van der Waals surface area (Å²) in [7, 11) is 1.63. The minimum absolute atomic E-state index is 0.561. The lowest BCUT2D eigenvalue weighted by Gasteiger charge is -2.00. The number of nitrogens with zero attached hydrogens (tertiary/aromatic N) is 1. The predicted octanol–water partition coefficient (Wildman–Crippen LogP) is 4.16. The Morgan fingerprint density at radius 2 is 2.06 bits per heavy atom. The van der Waals surface area contributed by atoms with Gasteiger partial charge in [0.05, 0.1) is 7.11 Å². The van der Waals surface area contributed by atoms with Crippen molar-refractivity contribution < 1.29 is 9.15 Å². The van der Waals surface area contributed by atoms with E-state index < -0.39 is 0 Å². The van der Waals surface area contributed by atoms with Crippen LogP contribution in [0, 0.1) is 0 Å². The number of benzene rings is 2. The summed E-state index contributed by atoms with van der Waals surface area (Å²) in [6.45, 7) is 0. The number of hydrogen-bond acceptors (Lipinski definition) is 3. The summed E-state index contributed by atoms with van der Waals surface area (Å²) < 4.78 is 10.9. The molecule has 0 saturated carbocycles. The van der Waals surface area contributed by atoms with E-state index in [-0.39, 0.29) is 0 Å². The molecule has 3 aromatic rings. The summed E-state index contributed by atoms with van der Waals surface area (Å²) in [5, 5.41) is 0.646. The summed E-state index contributed by atoms with van der Waals surface area (Å²) >= 11 is 5.92. The van der Waals surface area contributed by atoms with Gasteiger partial charge in [-0.2, -0.15) is 0 Å². The molecule has 0 atom stereocenters. The zero-order chi connectivity index (χ0) is 12.5. The van der Waals surface area contributed by atoms with Crippen LogP contribution in [0.15, 0.2) is 46.9 Å². The molecule has 3 rings (SSSR count). The first-order valence-electron chi connectivity index (χ1n) is 5.47. The van der Waals surface area contributed by atoms with E-state index in [1.807, 2.05) is 30.3 Å². The van der Waals surface area contributed by atoms with Crippen LogP contribution in [0.2, 0.25) is 5.02 Å². The lowest BCUT2D eigenvalue weighted by molar-refractivity contribution is 0.415. The van der Waals surface area contributed by atoms with Crippen LogP contribution in [0.1, 0.15) is 0 Å². The smallest absolute Gasteiger partial charge is 0.227 e. The first-order valence-corrected chi connectivity index (χ1v) is 5.84. The lowest BCUT2D eigenvalue weighted by atomic mass is 10.2. The van der Waals surface area contributed by atoms with Gasteiger partial charge in [0.2, 0.25) is 5.89 Å². The molecule has 4 heteroatoms. The Hall–Kier alpha value is -2.00. The Morgan fingerprint density at radius 1 is 1.17 bits per heavy atom. The van der Waals surface area contributed by atoms with Crippen LogP contribution < -0.4 is 4.74 Å². The number of hydrogen-bond donors (Lipinski definition) is 0. The largest absolute Gasteiger partial charge is 0.497 e. The Bertz CT molecular complexity index is 706. The first kappa shape index (κ1) is 11.1. The number of rotatable bonds is 2. The van der Waals surface area contributed by atoms with Crippen molar-refractivity contribution in [2.24, 2.45) is 0 Å². The lowest BCUT2D eigenvalue weighted by Crippen LogP contribution is -1.83. The maximum absolute atomic E-state index is 5.92. The molecule has 0 radical (unpaired) electrons. The molecule has 0 fully saturated rings. The molecule has 18 heavy (non-hydrogen) atoms. The van der Waals surface area contributed by atoms with Gasteiger partial charge in [-0.25, -0.2) is 4.98 Å². The summed E-state index contributed by atoms with van der Waals surface area (Å²) in [5.41, 5.74) is 2.35. The summed E-state index contributed by atoms with van der Waals surface area (Å²) in [4.78, 5) is 4.41. The van der Waals surface area contributed by atoms with Crippen molar-refractivity contribution in [1.29, 1.82) is 0 Å². The van der Waals surface area contributed by atoms with E-state index >= 15 is 0 Å². The average Bonchev–Trinajstić information content (AvgIpc) is 2.81. The van der Waals surface area contributed by atoms with Gasteiger partial charge in [-0.3, -0.25) is 0 Å². The summed E-state index contributed by atoms with van der Waals surface area (Å²) in [6.07, 6.45) is 0. The van der Waals surface area contributed by atoms with Crippen molar-refractivity contribution in [3.05, 3.63) is 47.5 Å². The van der Waals surface area contributed by atoms with E-state index in [9.17, 15) is 0 Å². The zero-order valence-electron chi connectivity index (χ0n) is 9.68. The van der Waals surface area contributed by atoms with E-state index in [1.54, 1.807) is 19.2 Å². The predicted molar refractivity (Wildman–Crippen MR) is 71.0 cm³/mol. The molecule has 1 aromatic heterocycles. The van der Waals surface area contributed by atoms with Gasteiger partial charge >= 0.3 is 0 Å². The van der Waals surface area contributed by atoms with Crippen LogP contribution in [-0.4, -0.2) is 12.1 Å². The molecule has 0 spiro atoms. The number of ether oxygens (including phenoxy) is 1. The number of methoxy groups -OCH3 is 1. The van der Waals surface area contributed by atoms with Crippen molar-refractivity contribution in [3.63, 3.8) is 0 Å². The second kappa shape index (κ2) is 4.35. The molecule has 0 N–H and O–H groups in total. The molecule has 0 amide bonds. The molecular formula is C14H10ClNO2. The van der Waals surface area contributed by atoms with Crippen LogP contribution in [0.25, 0.3) is 22.6 Å². The molecule has 0 unspecified atom stereocenters. The topological polar surface area (TPSA) is 35.3 Å². The molecule has 2 aromatic carbocycles. The molecule has 0 aliphatic carbocycles. The van der Waals surface area contributed by atoms with E-state index in [0.717, 1.165) is 22.4 Å². The maximum atomic E-state index is 5.92. The van der Waals surface area contributed by atoms with E-state index in [4.69, 9.17) is 20.8 Å². The van der Waals surface area contributed by atoms with Gasteiger partial charge in [-0.05, 0) is 36.4 Å². The van der Waals surface area contributed by atoms with E-state index in [2.05, 4.69) is 4.98 Å². The van der Waals surface area contributed by atoms with E-state index in [0.29, 0.717) is 10.9 Å². The normalized spacial score (nSPS) is 10.8. The van der Waals surface area contributed by atoms with Crippen molar-refractivity contribution in [1.82, 2.24) is 4.98 Å². The standard InChI is InChI=1S/C14H10ClNO2/c1-17-11-4-2-3-9(7-11)14-16-12-8-10(15)5-6-13(12)18-14/h2-8H,1H3. The minimum atomic E-state index is 0.561. The van der Waals surface area contributed by atoms with Gasteiger partial charge in [0.1, 0.15) is 11.3 Å². The third-order valence-corrected chi connectivity index (χ3v) is 2.90. The van der Waals surface area contributed by atoms with Crippen LogP contribution in [0.4, 0.5) is 0 Å². The fourth-order valence-corrected chi connectivity index (χ4v) is 1.95. The third kappa shape index (κ3) is 1.93. The van der Waals surface area contributed by atoms with Crippen LogP contribution in [0.3, 0.4) is 0 Å². The summed E-state index contributed by atoms with van der Waals surface area (Å²) in [6, 6.07) is 13.0. The van der Waals surface area contributed by atoms with Gasteiger partial charge in [0.25, 0.3) is 0 Å². The van der Waals surface area contributed by atoms with Gasteiger partial charge < -0.3 is 9.15 Å². The Kier molecular flexibility index (Phi) is 2.68. The number of fused-ring (bicyclic) bond motifs is 1. The van der Waals surface area contributed by atoms with E-state index in [1.165, 1.54) is 0 Å². The second-order valence-electron chi connectivity index (χ2n) is 3.86. The minimum Gasteiger partial charge on any atom is -0.497 e.